The van der Waals surface area contributed by atoms with Crippen molar-refractivity contribution in [3.8, 4) is 10.4 Å². The summed E-state index contributed by atoms with van der Waals surface area (Å²) in [6, 6.07) is 7.16. The van der Waals surface area contributed by atoms with Crippen LogP contribution in [0.15, 0.2) is 36.7 Å². The van der Waals surface area contributed by atoms with E-state index in [1.165, 1.54) is 23.6 Å². The van der Waals surface area contributed by atoms with E-state index < -0.39 is 5.95 Å². The zero-order valence-electron chi connectivity index (χ0n) is 15.2. The van der Waals surface area contributed by atoms with Gasteiger partial charge < -0.3 is 10.1 Å². The number of nitrogens with one attached hydrogen (secondary N) is 1. The standard InChI is InChI=1S/C20H20FN3O2S/c1-20(2)9-13(5-6-26-20)18(25)24-19-23-11-16(27-19)12-3-4-14-10-22-17(21)8-15(14)7-12/h3-4,7-8,10-11,13H,5-6,9H2,1-2H3,(H,23,24,25). The monoisotopic (exact) mass is 385 g/mol. The summed E-state index contributed by atoms with van der Waals surface area (Å²) in [5.74, 6) is -0.590. The molecule has 1 unspecified atom stereocenters. The van der Waals surface area contributed by atoms with E-state index in [1.807, 2.05) is 32.0 Å². The predicted octanol–water partition coefficient (Wildman–Crippen LogP) is 4.64. The predicted molar refractivity (Wildman–Crippen MR) is 104 cm³/mol. The zero-order chi connectivity index (χ0) is 19.0. The number of halogens is 1. The minimum atomic E-state index is -0.503. The van der Waals surface area contributed by atoms with Gasteiger partial charge in [-0.05, 0) is 43.7 Å². The summed E-state index contributed by atoms with van der Waals surface area (Å²) in [6.07, 6.45) is 4.66. The smallest absolute Gasteiger partial charge is 0.229 e. The number of nitrogens with zero attached hydrogens (tertiary/aromatic N) is 2. The quantitative estimate of drug-likeness (QED) is 0.667. The number of carbonyl (C=O) groups excluding carboxylic acids is 1. The molecule has 0 radical (unpaired) electrons. The van der Waals surface area contributed by atoms with Crippen LogP contribution >= 0.6 is 11.3 Å². The molecular formula is C20H20FN3O2S. The van der Waals surface area contributed by atoms with Crippen LogP contribution in [0.4, 0.5) is 9.52 Å². The molecule has 1 N–H and O–H groups in total. The number of fused-ring (bicyclic) bond motifs is 1. The molecule has 27 heavy (non-hydrogen) atoms. The van der Waals surface area contributed by atoms with Crippen LogP contribution in [0.25, 0.3) is 21.2 Å². The Balaban J connectivity index is 1.51. The van der Waals surface area contributed by atoms with Gasteiger partial charge in [0.05, 0.1) is 10.5 Å². The molecule has 1 amide bonds. The number of anilines is 1. The number of ether oxygens (including phenoxy) is 1. The fourth-order valence-corrected chi connectivity index (χ4v) is 4.21. The zero-order valence-corrected chi connectivity index (χ0v) is 16.0. The van der Waals surface area contributed by atoms with Crippen molar-refractivity contribution < 1.29 is 13.9 Å². The van der Waals surface area contributed by atoms with Gasteiger partial charge in [-0.2, -0.15) is 4.39 Å². The van der Waals surface area contributed by atoms with E-state index in [0.717, 1.165) is 27.6 Å². The lowest BCUT2D eigenvalue weighted by atomic mass is 9.88. The van der Waals surface area contributed by atoms with Crippen LogP contribution in [0.2, 0.25) is 0 Å². The van der Waals surface area contributed by atoms with Crippen LogP contribution in [0.3, 0.4) is 0 Å². The average Bonchev–Trinajstić information content (AvgIpc) is 3.08. The van der Waals surface area contributed by atoms with E-state index in [4.69, 9.17) is 4.74 Å². The van der Waals surface area contributed by atoms with Gasteiger partial charge >= 0.3 is 0 Å². The minimum Gasteiger partial charge on any atom is -0.376 e. The first-order valence-electron chi connectivity index (χ1n) is 8.86. The van der Waals surface area contributed by atoms with Crippen LogP contribution in [0.5, 0.6) is 0 Å². The fourth-order valence-electron chi connectivity index (χ4n) is 3.40. The van der Waals surface area contributed by atoms with Gasteiger partial charge in [0, 0.05) is 36.4 Å². The number of thiazole rings is 1. The lowest BCUT2D eigenvalue weighted by molar-refractivity contribution is -0.130. The minimum absolute atomic E-state index is 0.0149. The van der Waals surface area contributed by atoms with Crippen LogP contribution in [-0.2, 0) is 9.53 Å². The molecule has 1 aliphatic heterocycles. The van der Waals surface area contributed by atoms with Gasteiger partial charge in [0.15, 0.2) is 5.13 Å². The second kappa shape index (κ2) is 6.98. The Morgan fingerprint density at radius 1 is 1.26 bits per heavy atom. The number of rotatable bonds is 3. The summed E-state index contributed by atoms with van der Waals surface area (Å²) in [6.45, 7) is 4.61. The van der Waals surface area contributed by atoms with Crippen LogP contribution in [0, 0.1) is 11.9 Å². The molecule has 1 aliphatic rings. The molecule has 1 fully saturated rings. The average molecular weight is 385 g/mol. The van der Waals surface area contributed by atoms with Crippen molar-refractivity contribution in [2.24, 2.45) is 5.92 Å². The largest absolute Gasteiger partial charge is 0.376 e. The summed E-state index contributed by atoms with van der Waals surface area (Å²) in [5, 5.41) is 5.15. The topological polar surface area (TPSA) is 64.1 Å². The van der Waals surface area contributed by atoms with Gasteiger partial charge in [-0.25, -0.2) is 9.97 Å². The molecular weight excluding hydrogens is 365 g/mol. The molecule has 1 saturated heterocycles. The van der Waals surface area contributed by atoms with Gasteiger partial charge in [0.1, 0.15) is 0 Å². The molecule has 0 saturated carbocycles. The lowest BCUT2D eigenvalue weighted by Crippen LogP contribution is -2.39. The molecule has 7 heteroatoms. The molecule has 5 nitrogen and oxygen atoms in total. The highest BCUT2D eigenvalue weighted by atomic mass is 32.1. The number of pyridine rings is 1. The molecule has 3 aromatic rings. The molecule has 1 aromatic carbocycles. The summed E-state index contributed by atoms with van der Waals surface area (Å²) >= 11 is 1.41. The Bertz CT molecular complexity index is 1000. The van der Waals surface area contributed by atoms with E-state index in [2.05, 4.69) is 15.3 Å². The van der Waals surface area contributed by atoms with Crippen molar-refractivity contribution in [3.05, 3.63) is 42.6 Å². The summed E-state index contributed by atoms with van der Waals surface area (Å²) in [5.41, 5.74) is 0.655. The van der Waals surface area contributed by atoms with Crippen molar-refractivity contribution in [1.29, 1.82) is 0 Å². The Hall–Kier alpha value is -2.38. The third kappa shape index (κ3) is 3.99. The Labute approximate surface area is 160 Å². The molecule has 4 rings (SSSR count). The van der Waals surface area contributed by atoms with Crippen LogP contribution in [0.1, 0.15) is 26.7 Å². The first-order valence-corrected chi connectivity index (χ1v) is 9.68. The Morgan fingerprint density at radius 3 is 2.93 bits per heavy atom. The van der Waals surface area contributed by atoms with Gasteiger partial charge in [-0.3, -0.25) is 4.79 Å². The maximum Gasteiger partial charge on any atom is 0.229 e. The Morgan fingerprint density at radius 2 is 2.11 bits per heavy atom. The number of benzene rings is 1. The van der Waals surface area contributed by atoms with Gasteiger partial charge in [0.25, 0.3) is 0 Å². The molecule has 3 heterocycles. The first kappa shape index (κ1) is 18.0. The van der Waals surface area contributed by atoms with E-state index in [1.54, 1.807) is 6.20 Å². The highest BCUT2D eigenvalue weighted by Gasteiger charge is 2.33. The van der Waals surface area contributed by atoms with Crippen molar-refractivity contribution >= 4 is 33.1 Å². The van der Waals surface area contributed by atoms with E-state index in [-0.39, 0.29) is 17.4 Å². The van der Waals surface area contributed by atoms with Crippen molar-refractivity contribution in [2.75, 3.05) is 11.9 Å². The van der Waals surface area contributed by atoms with Crippen molar-refractivity contribution in [3.63, 3.8) is 0 Å². The van der Waals surface area contributed by atoms with Crippen LogP contribution < -0.4 is 5.32 Å². The third-order valence-electron chi connectivity index (χ3n) is 4.78. The van der Waals surface area contributed by atoms with Crippen molar-refractivity contribution in [1.82, 2.24) is 9.97 Å². The second-order valence-electron chi connectivity index (χ2n) is 7.39. The summed E-state index contributed by atoms with van der Waals surface area (Å²) in [4.78, 5) is 21.5. The number of aromatic nitrogens is 2. The SMILES string of the molecule is CC1(C)CC(C(=O)Nc2ncc(-c3ccc4cnc(F)cc4c3)s2)CCO1. The van der Waals surface area contributed by atoms with E-state index in [0.29, 0.717) is 18.2 Å². The van der Waals surface area contributed by atoms with Gasteiger partial charge in [0.2, 0.25) is 11.9 Å². The van der Waals surface area contributed by atoms with Gasteiger partial charge in [-0.1, -0.05) is 23.5 Å². The number of hydrogen-bond acceptors (Lipinski definition) is 5. The van der Waals surface area contributed by atoms with Crippen LogP contribution in [-0.4, -0.2) is 28.1 Å². The third-order valence-corrected chi connectivity index (χ3v) is 5.74. The molecule has 0 aliphatic carbocycles. The summed E-state index contributed by atoms with van der Waals surface area (Å²) in [7, 11) is 0. The van der Waals surface area contributed by atoms with E-state index >= 15 is 0 Å². The molecule has 0 spiro atoms. The number of carbonyl (C=O) groups is 1. The molecule has 1 atom stereocenters. The van der Waals surface area contributed by atoms with E-state index in [9.17, 15) is 9.18 Å². The molecule has 2 aromatic heterocycles. The summed E-state index contributed by atoms with van der Waals surface area (Å²) < 4.78 is 19.0. The Kier molecular flexibility index (Phi) is 4.65. The number of hydrogen-bond donors (Lipinski definition) is 1. The second-order valence-corrected chi connectivity index (χ2v) is 8.42. The first-order chi connectivity index (χ1) is 12.9. The molecule has 0 bridgehead atoms. The highest BCUT2D eigenvalue weighted by Crippen LogP contribution is 2.33. The van der Waals surface area contributed by atoms with Gasteiger partial charge in [-0.15, -0.1) is 0 Å². The highest BCUT2D eigenvalue weighted by molar-refractivity contribution is 7.19. The number of amides is 1. The lowest BCUT2D eigenvalue weighted by Gasteiger charge is -2.34. The fraction of sp³-hybridized carbons (Fsp3) is 0.350. The normalized spacial score (nSPS) is 19.1. The van der Waals surface area contributed by atoms with Crippen molar-refractivity contribution in [2.45, 2.75) is 32.3 Å². The maximum absolute atomic E-state index is 13.4. The molecule has 140 valence electrons. The maximum atomic E-state index is 13.4.